The van der Waals surface area contributed by atoms with E-state index in [1.807, 2.05) is 48.5 Å². The first kappa shape index (κ1) is 22.1. The number of rotatable bonds is 7. The van der Waals surface area contributed by atoms with Crippen LogP contribution in [0.25, 0.3) is 0 Å². The average molecular weight is 444 g/mol. The van der Waals surface area contributed by atoms with Crippen LogP contribution in [-0.2, 0) is 41.9 Å². The van der Waals surface area contributed by atoms with Crippen molar-refractivity contribution < 1.29 is 27.8 Å². The Morgan fingerprint density at radius 2 is 1.94 bits per heavy atom. The summed E-state index contributed by atoms with van der Waals surface area (Å²) in [6, 6.07) is 15.2. The minimum absolute atomic E-state index is 0.0739. The second-order valence-corrected chi connectivity index (χ2v) is 7.98. The van der Waals surface area contributed by atoms with E-state index in [-0.39, 0.29) is 30.6 Å². The second kappa shape index (κ2) is 9.16. The van der Waals surface area contributed by atoms with Gasteiger partial charge in [-0.2, -0.15) is 18.3 Å². The largest absolute Gasteiger partial charge is 0.461 e. The molecule has 1 aromatic heterocycles. The monoisotopic (exact) mass is 444 g/mol. The first-order valence-electron chi connectivity index (χ1n) is 10.4. The number of nitrogens with zero attached hydrogens (tertiary/aromatic N) is 2. The highest BCUT2D eigenvalue weighted by Gasteiger charge is 2.37. The average Bonchev–Trinajstić information content (AvgIpc) is 3.37. The standard InChI is InChI=1S/C24H23F3N2O3/c25-24(26,27)23-20(14-30)13-29(28-23)12-17-6-9-21-18(10-17)7-8-19(21)11-22(31)32-15-16-4-2-1-3-5-16/h1-6,9-10,13,19,30H,7-8,11-12,14-15H2. The van der Waals surface area contributed by atoms with E-state index >= 15 is 0 Å². The van der Waals surface area contributed by atoms with Crippen LogP contribution < -0.4 is 0 Å². The van der Waals surface area contributed by atoms with Crippen molar-refractivity contribution in [3.05, 3.63) is 88.2 Å². The lowest BCUT2D eigenvalue weighted by atomic mass is 9.97. The lowest BCUT2D eigenvalue weighted by Crippen LogP contribution is -2.10. The summed E-state index contributed by atoms with van der Waals surface area (Å²) >= 11 is 0. The zero-order chi connectivity index (χ0) is 22.7. The Hall–Kier alpha value is -3.13. The molecule has 0 fully saturated rings. The minimum atomic E-state index is -4.61. The van der Waals surface area contributed by atoms with Crippen molar-refractivity contribution >= 4 is 5.97 Å². The number of alkyl halides is 3. The molecule has 0 aliphatic heterocycles. The molecule has 1 heterocycles. The summed E-state index contributed by atoms with van der Waals surface area (Å²) in [5.41, 5.74) is 2.63. The summed E-state index contributed by atoms with van der Waals surface area (Å²) in [4.78, 5) is 12.3. The topological polar surface area (TPSA) is 64.4 Å². The van der Waals surface area contributed by atoms with Crippen molar-refractivity contribution in [2.24, 2.45) is 0 Å². The van der Waals surface area contributed by atoms with Crippen LogP contribution in [0.3, 0.4) is 0 Å². The molecule has 0 radical (unpaired) electrons. The van der Waals surface area contributed by atoms with Gasteiger partial charge in [-0.1, -0.05) is 48.5 Å². The molecule has 8 heteroatoms. The summed E-state index contributed by atoms with van der Waals surface area (Å²) < 4.78 is 45.7. The Bertz CT molecular complexity index is 1090. The van der Waals surface area contributed by atoms with Crippen LogP contribution in [0.5, 0.6) is 0 Å². The number of carbonyl (C=O) groups is 1. The van der Waals surface area contributed by atoms with Crippen molar-refractivity contribution in [3.8, 4) is 0 Å². The van der Waals surface area contributed by atoms with Gasteiger partial charge in [-0.25, -0.2) is 0 Å². The van der Waals surface area contributed by atoms with Crippen LogP contribution >= 0.6 is 0 Å². The Balaban J connectivity index is 1.39. The molecule has 1 atom stereocenters. The summed E-state index contributed by atoms with van der Waals surface area (Å²) in [6.45, 7) is -0.307. The number of aromatic nitrogens is 2. The third-order valence-electron chi connectivity index (χ3n) is 5.69. The molecule has 4 rings (SSSR count). The van der Waals surface area contributed by atoms with Crippen LogP contribution in [-0.4, -0.2) is 20.9 Å². The fourth-order valence-corrected chi connectivity index (χ4v) is 4.15. The minimum Gasteiger partial charge on any atom is -0.461 e. The molecule has 5 nitrogen and oxygen atoms in total. The first-order chi connectivity index (χ1) is 15.3. The summed E-state index contributed by atoms with van der Waals surface area (Å²) in [5, 5.41) is 12.8. The summed E-state index contributed by atoms with van der Waals surface area (Å²) in [6.07, 6.45) is -1.46. The Kier molecular flexibility index (Phi) is 6.32. The second-order valence-electron chi connectivity index (χ2n) is 7.98. The quantitative estimate of drug-likeness (QED) is 0.541. The van der Waals surface area contributed by atoms with Gasteiger partial charge < -0.3 is 9.84 Å². The number of halogens is 3. The number of benzene rings is 2. The van der Waals surface area contributed by atoms with Crippen LogP contribution in [0.15, 0.2) is 54.7 Å². The maximum absolute atomic E-state index is 13.0. The van der Waals surface area contributed by atoms with Gasteiger partial charge in [0, 0.05) is 11.8 Å². The van der Waals surface area contributed by atoms with Crippen LogP contribution in [0.2, 0.25) is 0 Å². The molecule has 0 saturated carbocycles. The van der Waals surface area contributed by atoms with Gasteiger partial charge in [-0.3, -0.25) is 9.48 Å². The van der Waals surface area contributed by atoms with Crippen molar-refractivity contribution in [3.63, 3.8) is 0 Å². The third-order valence-corrected chi connectivity index (χ3v) is 5.69. The van der Waals surface area contributed by atoms with Gasteiger partial charge in [0.15, 0.2) is 5.69 Å². The molecule has 0 amide bonds. The molecule has 32 heavy (non-hydrogen) atoms. The third kappa shape index (κ3) is 5.02. The highest BCUT2D eigenvalue weighted by molar-refractivity contribution is 5.71. The molecule has 1 N–H and O–H groups in total. The van der Waals surface area contributed by atoms with E-state index in [0.717, 1.165) is 35.1 Å². The number of ether oxygens (including phenoxy) is 1. The van der Waals surface area contributed by atoms with Gasteiger partial charge in [0.05, 0.1) is 19.6 Å². The number of esters is 1. The fourth-order valence-electron chi connectivity index (χ4n) is 4.15. The lowest BCUT2D eigenvalue weighted by molar-refractivity contribution is -0.145. The highest BCUT2D eigenvalue weighted by Crippen LogP contribution is 2.36. The molecule has 1 unspecified atom stereocenters. The number of carbonyl (C=O) groups excluding carboxylic acids is 1. The van der Waals surface area contributed by atoms with E-state index in [2.05, 4.69) is 5.10 Å². The van der Waals surface area contributed by atoms with E-state index in [0.29, 0.717) is 6.42 Å². The first-order valence-corrected chi connectivity index (χ1v) is 10.4. The normalized spacial score (nSPS) is 15.6. The maximum atomic E-state index is 13.0. The predicted octanol–water partition coefficient (Wildman–Crippen LogP) is 4.61. The highest BCUT2D eigenvalue weighted by atomic mass is 19.4. The Morgan fingerprint density at radius 1 is 1.16 bits per heavy atom. The van der Waals surface area contributed by atoms with E-state index < -0.39 is 18.5 Å². The molecule has 0 spiro atoms. The van der Waals surface area contributed by atoms with Gasteiger partial charge in [0.1, 0.15) is 6.61 Å². The fraction of sp³-hybridized carbons (Fsp3) is 0.333. The number of fused-ring (bicyclic) bond motifs is 1. The van der Waals surface area contributed by atoms with Gasteiger partial charge >= 0.3 is 12.1 Å². The molecular weight excluding hydrogens is 421 g/mol. The number of hydrogen-bond acceptors (Lipinski definition) is 4. The van der Waals surface area contributed by atoms with Gasteiger partial charge in [0.25, 0.3) is 0 Å². The molecule has 1 aliphatic rings. The molecule has 168 valence electrons. The van der Waals surface area contributed by atoms with Crippen molar-refractivity contribution in [2.75, 3.05) is 0 Å². The van der Waals surface area contributed by atoms with Crippen molar-refractivity contribution in [1.82, 2.24) is 9.78 Å². The van der Waals surface area contributed by atoms with Crippen molar-refractivity contribution in [2.45, 2.75) is 51.1 Å². The summed E-state index contributed by atoms with van der Waals surface area (Å²) in [7, 11) is 0. The molecule has 2 aromatic carbocycles. The Labute approximate surface area is 183 Å². The Morgan fingerprint density at radius 3 is 2.62 bits per heavy atom. The van der Waals surface area contributed by atoms with E-state index in [1.54, 1.807) is 0 Å². The molecular formula is C24H23F3N2O3. The van der Waals surface area contributed by atoms with E-state index in [9.17, 15) is 23.1 Å². The SMILES string of the molecule is O=C(CC1CCc2cc(Cn3cc(CO)c(C(F)(F)F)n3)ccc21)OCc1ccccc1. The van der Waals surface area contributed by atoms with E-state index in [1.165, 1.54) is 10.9 Å². The lowest BCUT2D eigenvalue weighted by Gasteiger charge is -2.12. The van der Waals surface area contributed by atoms with Crippen LogP contribution in [0.1, 0.15) is 52.3 Å². The van der Waals surface area contributed by atoms with Gasteiger partial charge in [0.2, 0.25) is 0 Å². The van der Waals surface area contributed by atoms with Crippen LogP contribution in [0.4, 0.5) is 13.2 Å². The number of hydrogen-bond donors (Lipinski definition) is 1. The zero-order valence-corrected chi connectivity index (χ0v) is 17.3. The van der Waals surface area contributed by atoms with Crippen molar-refractivity contribution in [1.29, 1.82) is 0 Å². The smallest absolute Gasteiger partial charge is 0.435 e. The summed E-state index contributed by atoms with van der Waals surface area (Å²) in [5.74, 6) is -0.173. The van der Waals surface area contributed by atoms with Crippen LogP contribution in [0, 0.1) is 0 Å². The number of aliphatic hydroxyl groups excluding tert-OH is 1. The van der Waals surface area contributed by atoms with Gasteiger partial charge in [-0.15, -0.1) is 0 Å². The van der Waals surface area contributed by atoms with Gasteiger partial charge in [-0.05, 0) is 41.0 Å². The molecule has 0 saturated heterocycles. The molecule has 0 bridgehead atoms. The number of aryl methyl sites for hydroxylation is 1. The maximum Gasteiger partial charge on any atom is 0.435 e. The van der Waals surface area contributed by atoms with E-state index in [4.69, 9.17) is 4.74 Å². The molecule has 3 aromatic rings. The predicted molar refractivity (Wildman–Crippen MR) is 111 cm³/mol. The number of aliphatic hydroxyl groups is 1. The molecule has 1 aliphatic carbocycles. The zero-order valence-electron chi connectivity index (χ0n) is 17.3.